The van der Waals surface area contributed by atoms with Gasteiger partial charge < -0.3 is 20.5 Å². The van der Waals surface area contributed by atoms with Crippen LogP contribution in [0.25, 0.3) is 0 Å². The molecular formula is C21H26ClN3O2. The summed E-state index contributed by atoms with van der Waals surface area (Å²) in [6.07, 6.45) is 10.9. The summed E-state index contributed by atoms with van der Waals surface area (Å²) in [6.45, 7) is 3.76. The molecule has 0 radical (unpaired) electrons. The molecule has 0 spiro atoms. The number of phenols is 1. The summed E-state index contributed by atoms with van der Waals surface area (Å²) in [5.41, 5.74) is 1.84. The highest BCUT2D eigenvalue weighted by atomic mass is 35.5. The molecule has 0 saturated carbocycles. The van der Waals surface area contributed by atoms with Crippen molar-refractivity contribution in [3.63, 3.8) is 0 Å². The van der Waals surface area contributed by atoms with Crippen molar-refractivity contribution >= 4 is 17.3 Å². The zero-order valence-electron chi connectivity index (χ0n) is 15.7. The summed E-state index contributed by atoms with van der Waals surface area (Å²) in [6, 6.07) is 5.57. The zero-order valence-corrected chi connectivity index (χ0v) is 16.4. The molecule has 1 aromatic rings. The van der Waals surface area contributed by atoms with E-state index in [-0.39, 0.29) is 23.8 Å². The molecule has 3 unspecified atom stereocenters. The Morgan fingerprint density at radius 2 is 2.15 bits per heavy atom. The van der Waals surface area contributed by atoms with Crippen molar-refractivity contribution in [2.75, 3.05) is 20.2 Å². The Morgan fingerprint density at radius 1 is 1.30 bits per heavy atom. The fourth-order valence-electron chi connectivity index (χ4n) is 3.34. The van der Waals surface area contributed by atoms with Gasteiger partial charge in [0.05, 0.1) is 12.8 Å². The van der Waals surface area contributed by atoms with E-state index >= 15 is 0 Å². The van der Waals surface area contributed by atoms with E-state index < -0.39 is 0 Å². The number of nitrogens with zero attached hydrogens (tertiary/aromatic N) is 1. The maximum atomic E-state index is 10.1. The lowest BCUT2D eigenvalue weighted by molar-refractivity contribution is 0.407. The van der Waals surface area contributed by atoms with E-state index in [0.717, 1.165) is 41.6 Å². The second kappa shape index (κ2) is 9.22. The highest BCUT2D eigenvalue weighted by Gasteiger charge is 2.25. The molecule has 3 rings (SSSR count). The summed E-state index contributed by atoms with van der Waals surface area (Å²) in [7, 11) is 1.63. The SMILES string of the molecule is COc1ccc(O)c(C(C)NCCCNC2C=CN=C3C=C(Cl)C=CC32)c1. The smallest absolute Gasteiger partial charge is 0.120 e. The van der Waals surface area contributed by atoms with Gasteiger partial charge in [0, 0.05) is 34.8 Å². The van der Waals surface area contributed by atoms with Crippen molar-refractivity contribution in [3.8, 4) is 11.5 Å². The largest absolute Gasteiger partial charge is 0.508 e. The first-order chi connectivity index (χ1) is 13.1. The van der Waals surface area contributed by atoms with E-state index in [1.165, 1.54) is 0 Å². The number of nitrogens with one attached hydrogen (secondary N) is 2. The number of benzene rings is 1. The molecule has 1 heterocycles. The van der Waals surface area contributed by atoms with Crippen molar-refractivity contribution in [1.29, 1.82) is 0 Å². The van der Waals surface area contributed by atoms with Crippen molar-refractivity contribution in [3.05, 3.63) is 59.3 Å². The first-order valence-electron chi connectivity index (χ1n) is 9.22. The normalized spacial score (nSPS) is 22.0. The number of allylic oxidation sites excluding steroid dienone is 3. The van der Waals surface area contributed by atoms with Gasteiger partial charge in [0.15, 0.2) is 0 Å². The average Bonchev–Trinajstić information content (AvgIpc) is 2.67. The predicted molar refractivity (Wildman–Crippen MR) is 111 cm³/mol. The van der Waals surface area contributed by atoms with Crippen LogP contribution in [0.5, 0.6) is 11.5 Å². The quantitative estimate of drug-likeness (QED) is 0.595. The van der Waals surface area contributed by atoms with Gasteiger partial charge in [0.25, 0.3) is 0 Å². The van der Waals surface area contributed by atoms with Gasteiger partial charge in [-0.25, -0.2) is 0 Å². The minimum absolute atomic E-state index is 0.0435. The number of aliphatic imine (C=N–C) groups is 1. The van der Waals surface area contributed by atoms with Crippen molar-refractivity contribution in [2.24, 2.45) is 10.9 Å². The van der Waals surface area contributed by atoms with E-state index in [2.05, 4.69) is 27.8 Å². The summed E-state index contributed by atoms with van der Waals surface area (Å²) in [5.74, 6) is 1.26. The van der Waals surface area contributed by atoms with Gasteiger partial charge >= 0.3 is 0 Å². The molecule has 0 bridgehead atoms. The monoisotopic (exact) mass is 387 g/mol. The van der Waals surface area contributed by atoms with Crippen LogP contribution in [0.15, 0.2) is 58.7 Å². The van der Waals surface area contributed by atoms with Gasteiger partial charge in [0.1, 0.15) is 11.5 Å². The van der Waals surface area contributed by atoms with E-state index in [4.69, 9.17) is 16.3 Å². The fourth-order valence-corrected chi connectivity index (χ4v) is 3.52. The molecule has 5 nitrogen and oxygen atoms in total. The zero-order chi connectivity index (χ0) is 19.2. The van der Waals surface area contributed by atoms with Crippen LogP contribution in [0.4, 0.5) is 0 Å². The van der Waals surface area contributed by atoms with Crippen LogP contribution < -0.4 is 15.4 Å². The first kappa shape index (κ1) is 19.7. The van der Waals surface area contributed by atoms with Gasteiger partial charge in [-0.2, -0.15) is 0 Å². The van der Waals surface area contributed by atoms with E-state index in [0.29, 0.717) is 0 Å². The van der Waals surface area contributed by atoms with Crippen molar-refractivity contribution in [2.45, 2.75) is 25.4 Å². The molecule has 0 fully saturated rings. The fraction of sp³-hybridized carbons (Fsp3) is 0.381. The highest BCUT2D eigenvalue weighted by Crippen LogP contribution is 2.28. The Hall–Kier alpha value is -2.08. The average molecular weight is 388 g/mol. The van der Waals surface area contributed by atoms with Gasteiger partial charge in [-0.3, -0.25) is 4.99 Å². The molecule has 0 saturated heterocycles. The number of phenolic OH excluding ortho intramolecular Hbond substituents is 1. The molecule has 0 aromatic heterocycles. The Kier molecular flexibility index (Phi) is 6.72. The van der Waals surface area contributed by atoms with Crippen molar-refractivity contribution < 1.29 is 9.84 Å². The second-order valence-corrected chi connectivity index (χ2v) is 7.18. The maximum absolute atomic E-state index is 10.1. The molecule has 1 aliphatic heterocycles. The van der Waals surface area contributed by atoms with Crippen LogP contribution in [0.2, 0.25) is 0 Å². The number of ether oxygens (including phenoxy) is 1. The van der Waals surface area contributed by atoms with Crippen molar-refractivity contribution in [1.82, 2.24) is 10.6 Å². The number of aromatic hydroxyl groups is 1. The van der Waals surface area contributed by atoms with Crippen LogP contribution in [-0.4, -0.2) is 37.1 Å². The Labute approximate surface area is 165 Å². The van der Waals surface area contributed by atoms with Crippen LogP contribution in [0.3, 0.4) is 0 Å². The van der Waals surface area contributed by atoms with Crippen LogP contribution >= 0.6 is 11.6 Å². The van der Waals surface area contributed by atoms with Gasteiger partial charge in [-0.1, -0.05) is 17.7 Å². The minimum atomic E-state index is 0.0435. The summed E-state index contributed by atoms with van der Waals surface area (Å²) >= 11 is 6.06. The molecule has 0 amide bonds. The van der Waals surface area contributed by atoms with E-state index in [1.54, 1.807) is 19.2 Å². The van der Waals surface area contributed by atoms with Gasteiger partial charge in [0.2, 0.25) is 0 Å². The summed E-state index contributed by atoms with van der Waals surface area (Å²) < 4.78 is 5.24. The van der Waals surface area contributed by atoms with Gasteiger partial charge in [-0.05, 0) is 62.9 Å². The molecule has 1 aliphatic carbocycles. The highest BCUT2D eigenvalue weighted by molar-refractivity contribution is 6.33. The number of halogens is 1. The summed E-state index contributed by atoms with van der Waals surface area (Å²) in [4.78, 5) is 4.41. The number of methoxy groups -OCH3 is 1. The maximum Gasteiger partial charge on any atom is 0.120 e. The molecule has 3 N–H and O–H groups in total. The van der Waals surface area contributed by atoms with Gasteiger partial charge in [-0.15, -0.1) is 0 Å². The Morgan fingerprint density at radius 3 is 2.96 bits per heavy atom. The lowest BCUT2D eigenvalue weighted by Crippen LogP contribution is -2.40. The first-order valence-corrected chi connectivity index (χ1v) is 9.59. The van der Waals surface area contributed by atoms with Crippen LogP contribution in [0, 0.1) is 5.92 Å². The third-order valence-corrected chi connectivity index (χ3v) is 5.11. The molecule has 1 aromatic carbocycles. The van der Waals surface area contributed by atoms with Crippen LogP contribution in [-0.2, 0) is 0 Å². The third-order valence-electron chi connectivity index (χ3n) is 4.88. The molecule has 2 aliphatic rings. The standard InChI is InChI=1S/C21H26ClN3O2/c1-14(18-13-16(27-2)5-7-21(18)26)23-9-3-10-24-19-8-11-25-20-12-15(22)4-6-17(19)20/h4-8,11-14,17,19,23-24,26H,3,9-10H2,1-2H3. The predicted octanol–water partition coefficient (Wildman–Crippen LogP) is 3.68. The lowest BCUT2D eigenvalue weighted by atomic mass is 9.89. The Balaban J connectivity index is 1.43. The Bertz CT molecular complexity index is 786. The minimum Gasteiger partial charge on any atom is -0.508 e. The number of hydrogen-bond acceptors (Lipinski definition) is 5. The molecule has 144 valence electrons. The second-order valence-electron chi connectivity index (χ2n) is 6.74. The number of fused-ring (bicyclic) bond motifs is 1. The number of rotatable bonds is 8. The van der Waals surface area contributed by atoms with E-state index in [9.17, 15) is 5.11 Å². The molecule has 6 heteroatoms. The molecule has 3 atom stereocenters. The third kappa shape index (κ3) is 5.01. The molecule has 27 heavy (non-hydrogen) atoms. The molecular weight excluding hydrogens is 362 g/mol. The van der Waals surface area contributed by atoms with E-state index in [1.807, 2.05) is 31.3 Å². The lowest BCUT2D eigenvalue weighted by Gasteiger charge is -2.27. The topological polar surface area (TPSA) is 65.9 Å². The number of hydrogen-bond donors (Lipinski definition) is 3. The summed E-state index contributed by atoms with van der Waals surface area (Å²) in [5, 5.41) is 17.8. The van der Waals surface area contributed by atoms with Crippen LogP contribution in [0.1, 0.15) is 24.9 Å².